The zero-order valence-corrected chi connectivity index (χ0v) is 10.1. The highest BCUT2D eigenvalue weighted by molar-refractivity contribution is 5.98. The molecule has 0 aliphatic heterocycles. The van der Waals surface area contributed by atoms with Gasteiger partial charge in [0.05, 0.1) is 5.69 Å². The molecule has 0 spiro atoms. The van der Waals surface area contributed by atoms with Gasteiger partial charge in [-0.1, -0.05) is 0 Å². The third-order valence-electron chi connectivity index (χ3n) is 2.84. The number of carbonyl (C=O) groups excluding carboxylic acids is 1. The molecule has 1 heterocycles. The Morgan fingerprint density at radius 2 is 2.28 bits per heavy atom. The zero-order valence-electron chi connectivity index (χ0n) is 10.1. The van der Waals surface area contributed by atoms with Crippen molar-refractivity contribution in [2.45, 2.75) is 25.8 Å². The maximum absolute atomic E-state index is 12.0. The van der Waals surface area contributed by atoms with Crippen molar-refractivity contribution in [3.05, 3.63) is 24.0 Å². The van der Waals surface area contributed by atoms with E-state index in [2.05, 4.69) is 10.3 Å². The summed E-state index contributed by atoms with van der Waals surface area (Å²) in [4.78, 5) is 28.4. The van der Waals surface area contributed by atoms with Crippen LogP contribution in [0.1, 0.15) is 30.3 Å². The number of nitrogens with one attached hydrogen (secondary N) is 1. The lowest BCUT2D eigenvalue weighted by Crippen LogP contribution is -2.36. The van der Waals surface area contributed by atoms with Crippen molar-refractivity contribution in [3.8, 4) is 0 Å². The van der Waals surface area contributed by atoms with E-state index in [4.69, 9.17) is 5.11 Å². The van der Waals surface area contributed by atoms with E-state index in [0.29, 0.717) is 12.6 Å². The number of aromatic carboxylic acids is 1. The number of hydrogen-bond donors (Lipinski definition) is 2. The summed E-state index contributed by atoms with van der Waals surface area (Å²) in [7, 11) is 0. The third kappa shape index (κ3) is 2.58. The molecule has 1 fully saturated rings. The van der Waals surface area contributed by atoms with Crippen molar-refractivity contribution < 1.29 is 14.7 Å². The molecule has 6 nitrogen and oxygen atoms in total. The Labute approximate surface area is 105 Å². The summed E-state index contributed by atoms with van der Waals surface area (Å²) >= 11 is 0. The first-order chi connectivity index (χ1) is 8.63. The van der Waals surface area contributed by atoms with Crippen LogP contribution in [0.2, 0.25) is 0 Å². The number of carboxylic acids is 1. The Morgan fingerprint density at radius 3 is 2.83 bits per heavy atom. The number of nitrogens with zero attached hydrogens (tertiary/aromatic N) is 2. The highest BCUT2D eigenvalue weighted by Crippen LogP contribution is 2.27. The number of anilines is 1. The third-order valence-corrected chi connectivity index (χ3v) is 2.84. The first kappa shape index (κ1) is 12.3. The number of rotatable bonds is 4. The predicted octanol–water partition coefficient (Wildman–Crippen LogP) is 1.80. The Balaban J connectivity index is 2.13. The van der Waals surface area contributed by atoms with E-state index in [1.165, 1.54) is 12.3 Å². The fraction of sp³-hybridized carbons (Fsp3) is 0.417. The lowest BCUT2D eigenvalue weighted by molar-refractivity contribution is 0.0691. The van der Waals surface area contributed by atoms with Gasteiger partial charge in [-0.25, -0.2) is 14.6 Å². The minimum atomic E-state index is -1.15. The van der Waals surface area contributed by atoms with E-state index in [0.717, 1.165) is 12.8 Å². The minimum absolute atomic E-state index is 0.141. The van der Waals surface area contributed by atoms with Gasteiger partial charge in [-0.05, 0) is 31.9 Å². The summed E-state index contributed by atoms with van der Waals surface area (Å²) in [5.41, 5.74) is 0.0896. The fourth-order valence-corrected chi connectivity index (χ4v) is 1.82. The topological polar surface area (TPSA) is 82.5 Å². The van der Waals surface area contributed by atoms with Gasteiger partial charge < -0.3 is 15.3 Å². The monoisotopic (exact) mass is 249 g/mol. The molecule has 1 aliphatic rings. The summed E-state index contributed by atoms with van der Waals surface area (Å²) in [6.45, 7) is 2.51. The smallest absolute Gasteiger partial charge is 0.356 e. The Hall–Kier alpha value is -2.11. The van der Waals surface area contributed by atoms with Crippen LogP contribution in [0.4, 0.5) is 10.5 Å². The maximum atomic E-state index is 12.0. The number of urea groups is 1. The second kappa shape index (κ2) is 5.03. The summed E-state index contributed by atoms with van der Waals surface area (Å²) in [6, 6.07) is 3.15. The van der Waals surface area contributed by atoms with Crippen molar-refractivity contribution >= 4 is 17.7 Å². The Kier molecular flexibility index (Phi) is 3.45. The molecule has 1 aromatic rings. The molecule has 0 bridgehead atoms. The molecule has 6 heteroatoms. The molecule has 18 heavy (non-hydrogen) atoms. The zero-order chi connectivity index (χ0) is 13.1. The molecular weight excluding hydrogens is 234 g/mol. The van der Waals surface area contributed by atoms with E-state index < -0.39 is 5.97 Å². The molecule has 0 unspecified atom stereocenters. The number of carboxylic acid groups (broad SMARTS) is 1. The minimum Gasteiger partial charge on any atom is -0.476 e. The van der Waals surface area contributed by atoms with Gasteiger partial charge in [-0.15, -0.1) is 0 Å². The van der Waals surface area contributed by atoms with E-state index in [1.54, 1.807) is 11.0 Å². The lowest BCUT2D eigenvalue weighted by atomic mass is 10.3. The van der Waals surface area contributed by atoms with Gasteiger partial charge in [0.1, 0.15) is 0 Å². The molecule has 2 rings (SSSR count). The average molecular weight is 249 g/mol. The molecule has 0 atom stereocenters. The molecule has 1 aromatic heterocycles. The van der Waals surface area contributed by atoms with Crippen LogP contribution < -0.4 is 5.32 Å². The lowest BCUT2D eigenvalue weighted by Gasteiger charge is -2.21. The standard InChI is InChI=1S/C12H15N3O3/c1-2-15(8-5-6-8)12(18)14-9-4-3-7-13-10(9)11(16)17/h3-4,7-8H,2,5-6H2,1H3,(H,14,18)(H,16,17). The second-order valence-electron chi connectivity index (χ2n) is 4.15. The van der Waals surface area contributed by atoms with Crippen LogP contribution in [0.15, 0.2) is 18.3 Å². The Bertz CT molecular complexity index is 471. The number of aromatic nitrogens is 1. The number of amides is 2. The first-order valence-electron chi connectivity index (χ1n) is 5.89. The van der Waals surface area contributed by atoms with Crippen LogP contribution in [-0.4, -0.2) is 39.6 Å². The molecule has 1 aliphatic carbocycles. The van der Waals surface area contributed by atoms with Crippen LogP contribution in [0, 0.1) is 0 Å². The van der Waals surface area contributed by atoms with Crippen molar-refractivity contribution in [2.75, 3.05) is 11.9 Å². The average Bonchev–Trinajstić information content (AvgIpc) is 3.15. The number of carbonyl (C=O) groups is 2. The van der Waals surface area contributed by atoms with Crippen LogP contribution in [-0.2, 0) is 0 Å². The maximum Gasteiger partial charge on any atom is 0.356 e. The van der Waals surface area contributed by atoms with E-state index in [9.17, 15) is 9.59 Å². The summed E-state index contributed by atoms with van der Waals surface area (Å²) in [5, 5.41) is 11.6. The van der Waals surface area contributed by atoms with E-state index in [1.807, 2.05) is 6.92 Å². The van der Waals surface area contributed by atoms with Gasteiger partial charge >= 0.3 is 12.0 Å². The summed E-state index contributed by atoms with van der Waals surface area (Å²) in [5.74, 6) is -1.15. The molecule has 2 amide bonds. The molecule has 0 radical (unpaired) electrons. The van der Waals surface area contributed by atoms with Crippen molar-refractivity contribution in [3.63, 3.8) is 0 Å². The predicted molar refractivity (Wildman–Crippen MR) is 65.6 cm³/mol. The van der Waals surface area contributed by atoms with E-state index in [-0.39, 0.29) is 17.4 Å². The van der Waals surface area contributed by atoms with Gasteiger partial charge in [0, 0.05) is 18.8 Å². The van der Waals surface area contributed by atoms with E-state index >= 15 is 0 Å². The van der Waals surface area contributed by atoms with Crippen LogP contribution in [0.25, 0.3) is 0 Å². The van der Waals surface area contributed by atoms with Crippen LogP contribution >= 0.6 is 0 Å². The normalized spacial score (nSPS) is 14.1. The van der Waals surface area contributed by atoms with Gasteiger partial charge in [-0.2, -0.15) is 0 Å². The molecule has 2 N–H and O–H groups in total. The molecule has 0 saturated heterocycles. The van der Waals surface area contributed by atoms with Gasteiger partial charge in [0.15, 0.2) is 5.69 Å². The quantitative estimate of drug-likeness (QED) is 0.852. The fourth-order valence-electron chi connectivity index (χ4n) is 1.82. The van der Waals surface area contributed by atoms with Crippen molar-refractivity contribution in [1.82, 2.24) is 9.88 Å². The SMILES string of the molecule is CCN(C(=O)Nc1cccnc1C(=O)O)C1CC1. The van der Waals surface area contributed by atoms with Gasteiger partial charge in [0.25, 0.3) is 0 Å². The summed E-state index contributed by atoms with van der Waals surface area (Å²) in [6.07, 6.45) is 3.41. The van der Waals surface area contributed by atoms with Gasteiger partial charge in [0.2, 0.25) is 0 Å². The summed E-state index contributed by atoms with van der Waals surface area (Å²) < 4.78 is 0. The van der Waals surface area contributed by atoms with Crippen LogP contribution in [0.3, 0.4) is 0 Å². The molecule has 96 valence electrons. The van der Waals surface area contributed by atoms with Crippen LogP contribution in [0.5, 0.6) is 0 Å². The number of pyridine rings is 1. The first-order valence-corrected chi connectivity index (χ1v) is 5.89. The highest BCUT2D eigenvalue weighted by Gasteiger charge is 2.31. The molecule has 1 saturated carbocycles. The van der Waals surface area contributed by atoms with Gasteiger partial charge in [-0.3, -0.25) is 0 Å². The van der Waals surface area contributed by atoms with Crippen molar-refractivity contribution in [2.24, 2.45) is 0 Å². The largest absolute Gasteiger partial charge is 0.476 e. The number of hydrogen-bond acceptors (Lipinski definition) is 3. The molecule has 0 aromatic carbocycles. The highest BCUT2D eigenvalue weighted by atomic mass is 16.4. The molecular formula is C12H15N3O3. The second-order valence-corrected chi connectivity index (χ2v) is 4.15. The van der Waals surface area contributed by atoms with Crippen molar-refractivity contribution in [1.29, 1.82) is 0 Å². The Morgan fingerprint density at radius 1 is 1.56 bits per heavy atom.